The molecule has 1 aliphatic heterocycles. The van der Waals surface area contributed by atoms with Crippen LogP contribution in [0.5, 0.6) is 5.75 Å². The van der Waals surface area contributed by atoms with Crippen molar-refractivity contribution in [2.24, 2.45) is 0 Å². The normalized spacial score (nSPS) is 13.1. The summed E-state index contributed by atoms with van der Waals surface area (Å²) in [6.07, 6.45) is 5.75. The van der Waals surface area contributed by atoms with E-state index in [2.05, 4.69) is 59.8 Å². The van der Waals surface area contributed by atoms with E-state index in [1.165, 1.54) is 11.1 Å². The van der Waals surface area contributed by atoms with Gasteiger partial charge in [-0.2, -0.15) is 0 Å². The number of fused-ring (bicyclic) bond motifs is 2. The summed E-state index contributed by atoms with van der Waals surface area (Å²) in [5.74, 6) is 1.68. The second kappa shape index (κ2) is 8.16. The second-order valence-electron chi connectivity index (χ2n) is 7.40. The van der Waals surface area contributed by atoms with Crippen LogP contribution in [0.15, 0.2) is 55.0 Å². The van der Waals surface area contributed by atoms with E-state index in [0.29, 0.717) is 6.61 Å². The first-order valence-corrected chi connectivity index (χ1v) is 9.82. The number of imidazole rings is 1. The van der Waals surface area contributed by atoms with Crippen LogP contribution in [0, 0.1) is 13.8 Å². The van der Waals surface area contributed by atoms with Gasteiger partial charge >= 0.3 is 0 Å². The number of hydrogen-bond donors (Lipinski definition) is 2. The molecule has 0 saturated carbocycles. The maximum Gasteiger partial charge on any atom is 0.180 e. The van der Waals surface area contributed by atoms with E-state index in [-0.39, 0.29) is 7.43 Å². The molecule has 0 atom stereocenters. The number of ether oxygens (including phenoxy) is 1. The van der Waals surface area contributed by atoms with Gasteiger partial charge in [0.25, 0.3) is 0 Å². The van der Waals surface area contributed by atoms with Crippen molar-refractivity contribution in [3.63, 3.8) is 0 Å². The first-order chi connectivity index (χ1) is 14.2. The lowest BCUT2D eigenvalue weighted by Crippen LogP contribution is -2.16. The number of nitrogens with zero attached hydrogens (tertiary/aromatic N) is 3. The highest BCUT2D eigenvalue weighted by molar-refractivity contribution is 5.74. The van der Waals surface area contributed by atoms with E-state index in [9.17, 15) is 0 Å². The number of benzene rings is 2. The molecule has 5 rings (SSSR count). The van der Waals surface area contributed by atoms with Crippen LogP contribution in [0.2, 0.25) is 0 Å². The molecule has 6 heteroatoms. The summed E-state index contributed by atoms with van der Waals surface area (Å²) in [5, 5.41) is 6.84. The van der Waals surface area contributed by atoms with E-state index in [1.807, 2.05) is 22.9 Å². The predicted octanol–water partition coefficient (Wildman–Crippen LogP) is 4.87. The molecule has 0 radical (unpaired) electrons. The Balaban J connectivity index is 0.00000218. The highest BCUT2D eigenvalue weighted by atomic mass is 16.5. The number of aromatic nitrogens is 3. The number of aryl methyl sites for hydroxylation is 2. The molecule has 0 fully saturated rings. The van der Waals surface area contributed by atoms with Crippen molar-refractivity contribution < 1.29 is 4.74 Å². The van der Waals surface area contributed by atoms with Crippen LogP contribution in [0.4, 0.5) is 11.5 Å². The molecule has 30 heavy (non-hydrogen) atoms. The van der Waals surface area contributed by atoms with Gasteiger partial charge < -0.3 is 19.8 Å². The van der Waals surface area contributed by atoms with Crippen molar-refractivity contribution in [3.05, 3.63) is 71.7 Å². The van der Waals surface area contributed by atoms with E-state index in [0.717, 1.165) is 52.8 Å². The highest BCUT2D eigenvalue weighted by Crippen LogP contribution is 2.29. The summed E-state index contributed by atoms with van der Waals surface area (Å²) >= 11 is 0. The summed E-state index contributed by atoms with van der Waals surface area (Å²) in [4.78, 5) is 9.39. The summed E-state index contributed by atoms with van der Waals surface area (Å²) in [5.41, 5.74) is 7.39. The molecule has 0 bridgehead atoms. The Morgan fingerprint density at radius 2 is 2.00 bits per heavy atom. The second-order valence-corrected chi connectivity index (χ2v) is 7.40. The van der Waals surface area contributed by atoms with Crippen molar-refractivity contribution in [2.75, 3.05) is 18.5 Å². The molecule has 3 heterocycles. The van der Waals surface area contributed by atoms with Crippen LogP contribution < -0.4 is 15.4 Å². The molecule has 0 unspecified atom stereocenters. The minimum Gasteiger partial charge on any atom is -0.492 e. The molecule has 6 nitrogen and oxygen atoms in total. The molecule has 1 aliphatic rings. The smallest absolute Gasteiger partial charge is 0.180 e. The van der Waals surface area contributed by atoms with Crippen molar-refractivity contribution in [3.8, 4) is 17.0 Å². The van der Waals surface area contributed by atoms with Crippen LogP contribution in [-0.4, -0.2) is 27.5 Å². The Morgan fingerprint density at radius 1 is 1.10 bits per heavy atom. The monoisotopic (exact) mass is 401 g/mol. The predicted molar refractivity (Wildman–Crippen MR) is 122 cm³/mol. The largest absolute Gasteiger partial charge is 0.492 e. The Labute approximate surface area is 177 Å². The quantitative estimate of drug-likeness (QED) is 0.513. The fraction of sp³-hybridized carbons (Fsp3) is 0.250. The maximum absolute atomic E-state index is 5.81. The van der Waals surface area contributed by atoms with Crippen LogP contribution >= 0.6 is 0 Å². The third-order valence-corrected chi connectivity index (χ3v) is 5.35. The molecule has 2 aromatic carbocycles. The first-order valence-electron chi connectivity index (χ1n) is 9.82. The Hall–Kier alpha value is -3.38. The Morgan fingerprint density at radius 3 is 2.87 bits per heavy atom. The summed E-state index contributed by atoms with van der Waals surface area (Å²) in [6.45, 7) is 6.57. The Kier molecular flexibility index (Phi) is 5.42. The average molecular weight is 402 g/mol. The molecular formula is C24H27N5O. The SMILES string of the molecule is C.Cc1ccc(Nc2nc(-c3ccc4c(c3)CNCCO4)cn3ccnc23)cc1C. The molecule has 0 spiro atoms. The summed E-state index contributed by atoms with van der Waals surface area (Å²) < 4.78 is 7.82. The lowest BCUT2D eigenvalue weighted by atomic mass is 10.1. The van der Waals surface area contributed by atoms with Gasteiger partial charge in [-0.15, -0.1) is 0 Å². The standard InChI is InChI=1S/C23H23N5O.CH4/c1-15-3-5-19(11-16(15)2)26-22-23-25-7-9-28(23)14-20(27-22)17-4-6-21-18(12-17)13-24-8-10-29-21;/h3-7,9,11-12,14,24H,8,10,13H2,1-2H3,(H,26,27);1H4. The molecule has 0 saturated heterocycles. The van der Waals surface area contributed by atoms with Gasteiger partial charge in [0.15, 0.2) is 11.5 Å². The van der Waals surface area contributed by atoms with Crippen LogP contribution in [0.1, 0.15) is 24.1 Å². The molecule has 0 aliphatic carbocycles. The van der Waals surface area contributed by atoms with E-state index in [4.69, 9.17) is 9.72 Å². The van der Waals surface area contributed by atoms with Gasteiger partial charge in [0, 0.05) is 48.5 Å². The van der Waals surface area contributed by atoms with Gasteiger partial charge in [-0.25, -0.2) is 9.97 Å². The molecular weight excluding hydrogens is 374 g/mol. The Bertz CT molecular complexity index is 1200. The molecule has 0 amide bonds. The van der Waals surface area contributed by atoms with Gasteiger partial charge in [0.1, 0.15) is 12.4 Å². The zero-order valence-corrected chi connectivity index (χ0v) is 16.6. The van der Waals surface area contributed by atoms with Crippen molar-refractivity contribution in [2.45, 2.75) is 27.8 Å². The summed E-state index contributed by atoms with van der Waals surface area (Å²) in [7, 11) is 0. The zero-order chi connectivity index (χ0) is 19.8. The van der Waals surface area contributed by atoms with Crippen LogP contribution in [-0.2, 0) is 6.54 Å². The fourth-order valence-corrected chi connectivity index (χ4v) is 3.58. The van der Waals surface area contributed by atoms with Crippen molar-refractivity contribution in [1.29, 1.82) is 0 Å². The number of rotatable bonds is 3. The molecule has 154 valence electrons. The third kappa shape index (κ3) is 3.74. The number of hydrogen-bond acceptors (Lipinski definition) is 5. The molecule has 4 aromatic rings. The van der Waals surface area contributed by atoms with Crippen LogP contribution in [0.25, 0.3) is 16.9 Å². The highest BCUT2D eigenvalue weighted by Gasteiger charge is 2.13. The number of anilines is 2. The minimum atomic E-state index is 0. The third-order valence-electron chi connectivity index (χ3n) is 5.35. The van der Waals surface area contributed by atoms with Crippen LogP contribution in [0.3, 0.4) is 0 Å². The summed E-state index contributed by atoms with van der Waals surface area (Å²) in [6, 6.07) is 12.6. The van der Waals surface area contributed by atoms with Gasteiger partial charge in [-0.3, -0.25) is 0 Å². The van der Waals surface area contributed by atoms with Gasteiger partial charge in [0.2, 0.25) is 0 Å². The van der Waals surface area contributed by atoms with Crippen molar-refractivity contribution >= 4 is 17.2 Å². The average Bonchev–Trinajstić information content (AvgIpc) is 3.08. The van der Waals surface area contributed by atoms with E-state index in [1.54, 1.807) is 6.20 Å². The van der Waals surface area contributed by atoms with E-state index >= 15 is 0 Å². The van der Waals surface area contributed by atoms with Gasteiger partial charge in [-0.1, -0.05) is 13.5 Å². The topological polar surface area (TPSA) is 63.5 Å². The number of nitrogens with one attached hydrogen (secondary N) is 2. The lowest BCUT2D eigenvalue weighted by Gasteiger charge is -2.13. The van der Waals surface area contributed by atoms with Gasteiger partial charge in [-0.05, 0) is 55.3 Å². The zero-order valence-electron chi connectivity index (χ0n) is 16.6. The fourth-order valence-electron chi connectivity index (χ4n) is 3.58. The molecule has 2 aromatic heterocycles. The van der Waals surface area contributed by atoms with E-state index < -0.39 is 0 Å². The van der Waals surface area contributed by atoms with Gasteiger partial charge in [0.05, 0.1) is 5.69 Å². The lowest BCUT2D eigenvalue weighted by molar-refractivity contribution is 0.326. The van der Waals surface area contributed by atoms with Crippen molar-refractivity contribution in [1.82, 2.24) is 19.7 Å². The minimum absolute atomic E-state index is 0. The maximum atomic E-state index is 5.81. The molecule has 2 N–H and O–H groups in total. The first kappa shape index (κ1) is 19.9.